The topological polar surface area (TPSA) is 110 Å². The molecule has 0 bridgehead atoms. The van der Waals surface area contributed by atoms with Crippen LogP contribution in [0.5, 0.6) is 0 Å². The number of anilines is 1. The van der Waals surface area contributed by atoms with Crippen LogP contribution in [-0.2, 0) is 35.6 Å². The van der Waals surface area contributed by atoms with Gasteiger partial charge in [0.25, 0.3) is 5.91 Å². The van der Waals surface area contributed by atoms with E-state index in [1.807, 2.05) is 42.0 Å². The molecule has 0 unspecified atom stereocenters. The number of benzene rings is 2. The van der Waals surface area contributed by atoms with Gasteiger partial charge < -0.3 is 24.3 Å². The predicted octanol–water partition coefficient (Wildman–Crippen LogP) is 2.33. The number of para-hydroxylation sites is 1. The molecule has 0 spiro atoms. The maximum atomic E-state index is 13.5. The maximum absolute atomic E-state index is 13.5. The monoisotopic (exact) mass is 552 g/mol. The Hall–Kier alpha value is -3.51. The Labute approximate surface area is 227 Å². The van der Waals surface area contributed by atoms with Gasteiger partial charge in [-0.05, 0) is 37.3 Å². The van der Waals surface area contributed by atoms with Crippen molar-refractivity contribution in [2.45, 2.75) is 18.4 Å². The highest BCUT2D eigenvalue weighted by atomic mass is 32.2. The van der Waals surface area contributed by atoms with Crippen molar-refractivity contribution < 1.29 is 27.5 Å². The summed E-state index contributed by atoms with van der Waals surface area (Å²) in [5.41, 5.74) is 3.29. The Morgan fingerprint density at radius 2 is 1.92 bits per heavy atom. The van der Waals surface area contributed by atoms with Crippen LogP contribution in [0.25, 0.3) is 22.6 Å². The minimum absolute atomic E-state index is 0.112. The second kappa shape index (κ2) is 11.3. The number of methoxy groups -OCH3 is 1. The zero-order valence-electron chi connectivity index (χ0n) is 22.1. The van der Waals surface area contributed by atoms with Gasteiger partial charge in [-0.25, -0.2) is 8.42 Å². The number of amides is 2. The molecule has 2 aromatic carbocycles. The normalized spacial score (nSPS) is 17.2. The summed E-state index contributed by atoms with van der Waals surface area (Å²) in [4.78, 5) is 27.8. The lowest BCUT2D eigenvalue weighted by Crippen LogP contribution is -2.40. The number of carbonyl (C=O) groups is 2. The number of ether oxygens (including phenoxy) is 2. The molecule has 1 aromatic heterocycles. The van der Waals surface area contributed by atoms with Crippen LogP contribution < -0.4 is 10.2 Å². The fourth-order valence-corrected chi connectivity index (χ4v) is 6.50. The van der Waals surface area contributed by atoms with Gasteiger partial charge in [0.05, 0.1) is 30.4 Å². The number of morpholine rings is 1. The molecule has 2 aliphatic heterocycles. The van der Waals surface area contributed by atoms with Crippen molar-refractivity contribution in [3.63, 3.8) is 0 Å². The summed E-state index contributed by atoms with van der Waals surface area (Å²) in [5, 5.41) is 3.72. The van der Waals surface area contributed by atoms with Crippen LogP contribution in [0.15, 0.2) is 53.6 Å². The first-order chi connectivity index (χ1) is 18.8. The number of likely N-dealkylation sites (N-methyl/N-ethyl adjacent to an activating group) is 1. The Kier molecular flexibility index (Phi) is 7.85. The smallest absolute Gasteiger partial charge is 0.258 e. The van der Waals surface area contributed by atoms with E-state index in [0.29, 0.717) is 62.8 Å². The van der Waals surface area contributed by atoms with Crippen LogP contribution in [0.1, 0.15) is 18.1 Å². The van der Waals surface area contributed by atoms with Gasteiger partial charge in [0.1, 0.15) is 6.54 Å². The third-order valence-corrected chi connectivity index (χ3v) is 8.90. The summed E-state index contributed by atoms with van der Waals surface area (Å²) >= 11 is 0. The first-order valence-corrected chi connectivity index (χ1v) is 14.4. The maximum Gasteiger partial charge on any atom is 0.258 e. The molecule has 0 aliphatic carbocycles. The van der Waals surface area contributed by atoms with Gasteiger partial charge in [-0.2, -0.15) is 4.31 Å². The Morgan fingerprint density at radius 3 is 2.67 bits per heavy atom. The van der Waals surface area contributed by atoms with Crippen molar-refractivity contribution in [1.82, 2.24) is 14.2 Å². The summed E-state index contributed by atoms with van der Waals surface area (Å²) in [7, 11) is -2.16. The molecular formula is C28H32N4O6S. The van der Waals surface area contributed by atoms with Gasteiger partial charge in [0, 0.05) is 67.1 Å². The molecule has 0 saturated carbocycles. The lowest BCUT2D eigenvalue weighted by Gasteiger charge is -2.26. The van der Waals surface area contributed by atoms with E-state index in [-0.39, 0.29) is 23.3 Å². The molecule has 39 heavy (non-hydrogen) atoms. The highest BCUT2D eigenvalue weighted by molar-refractivity contribution is 7.89. The van der Waals surface area contributed by atoms with Crippen molar-refractivity contribution >= 4 is 50.1 Å². The van der Waals surface area contributed by atoms with E-state index in [9.17, 15) is 18.0 Å². The van der Waals surface area contributed by atoms with E-state index in [4.69, 9.17) is 9.47 Å². The third-order valence-electron chi connectivity index (χ3n) is 7.01. The van der Waals surface area contributed by atoms with Crippen molar-refractivity contribution in [3.05, 3.63) is 59.8 Å². The highest BCUT2D eigenvalue weighted by Crippen LogP contribution is 2.40. The molecule has 3 aromatic rings. The quantitative estimate of drug-likeness (QED) is 0.322. The van der Waals surface area contributed by atoms with E-state index in [1.165, 1.54) is 4.31 Å². The van der Waals surface area contributed by atoms with E-state index in [1.54, 1.807) is 36.3 Å². The fraction of sp³-hybridized carbons (Fsp3) is 0.357. The first-order valence-electron chi connectivity index (χ1n) is 12.9. The zero-order chi connectivity index (χ0) is 27.6. The molecular weight excluding hydrogens is 520 g/mol. The minimum atomic E-state index is -3.74. The number of hydrogen-bond acceptors (Lipinski definition) is 6. The summed E-state index contributed by atoms with van der Waals surface area (Å²) in [6.07, 6.45) is 3.65. The molecule has 1 saturated heterocycles. The van der Waals surface area contributed by atoms with Gasteiger partial charge in [-0.1, -0.05) is 18.2 Å². The molecule has 2 aliphatic rings. The average molecular weight is 553 g/mol. The number of nitrogens with zero attached hydrogens (tertiary/aromatic N) is 3. The van der Waals surface area contributed by atoms with Crippen molar-refractivity contribution in [2.75, 3.05) is 58.0 Å². The number of carbonyl (C=O) groups excluding carboxylic acids is 2. The van der Waals surface area contributed by atoms with Crippen molar-refractivity contribution in [1.29, 1.82) is 0 Å². The van der Waals surface area contributed by atoms with Gasteiger partial charge in [-0.3, -0.25) is 9.59 Å². The zero-order valence-corrected chi connectivity index (χ0v) is 22.9. The van der Waals surface area contributed by atoms with Crippen molar-refractivity contribution in [3.8, 4) is 0 Å². The van der Waals surface area contributed by atoms with Gasteiger partial charge in [-0.15, -0.1) is 0 Å². The Balaban J connectivity index is 1.55. The second-order valence-corrected chi connectivity index (χ2v) is 11.3. The summed E-state index contributed by atoms with van der Waals surface area (Å²) in [5.74, 6) is -0.341. The third kappa shape index (κ3) is 5.22. The molecule has 11 heteroatoms. The molecule has 1 N–H and O–H groups in total. The predicted molar refractivity (Wildman–Crippen MR) is 149 cm³/mol. The summed E-state index contributed by atoms with van der Waals surface area (Å²) in [6, 6.07) is 12.5. The number of fused-ring (bicyclic) bond motifs is 2. The molecule has 10 nitrogen and oxygen atoms in total. The van der Waals surface area contributed by atoms with Gasteiger partial charge >= 0.3 is 0 Å². The molecule has 3 heterocycles. The SMILES string of the molecule is CCN1C(=O)/C(=C\c2cn(CC(=O)NCCOC)c3ccccc23)c2cc(S(=O)(=O)N3CCOCC3)ccc21. The van der Waals surface area contributed by atoms with Crippen LogP contribution >= 0.6 is 0 Å². The average Bonchev–Trinajstić information content (AvgIpc) is 3.42. The molecule has 0 atom stereocenters. The fourth-order valence-electron chi connectivity index (χ4n) is 5.07. The summed E-state index contributed by atoms with van der Waals surface area (Å²) < 4.78 is 40.3. The van der Waals surface area contributed by atoms with Crippen LogP contribution in [0.4, 0.5) is 5.69 Å². The standard InChI is InChI=1S/C28H32N4O6S/c1-3-32-26-9-8-21(39(35,36)31-11-14-38-15-12-31)17-23(26)24(28(32)34)16-20-18-30(19-27(33)29-10-13-37-2)25-7-5-4-6-22(20)25/h4-9,16-18H,3,10-15,19H2,1-2H3,(H,29,33)/b24-16-. The van der Waals surface area contributed by atoms with E-state index in [0.717, 1.165) is 16.5 Å². The van der Waals surface area contributed by atoms with E-state index >= 15 is 0 Å². The van der Waals surface area contributed by atoms with E-state index < -0.39 is 10.0 Å². The van der Waals surface area contributed by atoms with Crippen molar-refractivity contribution in [2.24, 2.45) is 0 Å². The molecule has 2 amide bonds. The molecule has 0 radical (unpaired) electrons. The summed E-state index contributed by atoms with van der Waals surface area (Å²) in [6.45, 7) is 4.58. The van der Waals surface area contributed by atoms with Crippen LogP contribution in [0.3, 0.4) is 0 Å². The lowest BCUT2D eigenvalue weighted by molar-refractivity contribution is -0.121. The first kappa shape index (κ1) is 27.1. The van der Waals surface area contributed by atoms with Crippen LogP contribution in [0.2, 0.25) is 0 Å². The van der Waals surface area contributed by atoms with Gasteiger partial charge in [0.2, 0.25) is 15.9 Å². The lowest BCUT2D eigenvalue weighted by atomic mass is 10.0. The number of sulfonamides is 1. The minimum Gasteiger partial charge on any atom is -0.383 e. The Morgan fingerprint density at radius 1 is 1.15 bits per heavy atom. The second-order valence-electron chi connectivity index (χ2n) is 9.38. The molecule has 206 valence electrons. The Bertz CT molecular complexity index is 1540. The van der Waals surface area contributed by atoms with Crippen LogP contribution in [-0.4, -0.2) is 82.2 Å². The number of nitrogens with one attached hydrogen (secondary N) is 1. The molecule has 5 rings (SSSR count). The number of hydrogen-bond donors (Lipinski definition) is 1. The van der Waals surface area contributed by atoms with Gasteiger partial charge in [0.15, 0.2) is 0 Å². The largest absolute Gasteiger partial charge is 0.383 e. The molecule has 1 fully saturated rings. The highest BCUT2D eigenvalue weighted by Gasteiger charge is 2.34. The number of aromatic nitrogens is 1. The van der Waals surface area contributed by atoms with Crippen LogP contribution in [0, 0.1) is 0 Å². The number of rotatable bonds is 9. The van der Waals surface area contributed by atoms with E-state index in [2.05, 4.69) is 5.32 Å².